The number of nitrogens with one attached hydrogen (secondary N) is 2. The van der Waals surface area contributed by atoms with E-state index in [0.717, 1.165) is 33.4 Å². The molecule has 0 saturated heterocycles. The second kappa shape index (κ2) is 9.26. The number of fused-ring (bicyclic) bond motifs is 1. The summed E-state index contributed by atoms with van der Waals surface area (Å²) in [5.41, 5.74) is 5.05. The van der Waals surface area contributed by atoms with Gasteiger partial charge in [0.15, 0.2) is 0 Å². The molecule has 3 heterocycles. The summed E-state index contributed by atoms with van der Waals surface area (Å²) >= 11 is 0. The number of hydrogen-bond acceptors (Lipinski definition) is 4. The highest BCUT2D eigenvalue weighted by molar-refractivity contribution is 6.00. The number of benzene rings is 2. The average Bonchev–Trinajstić information content (AvgIpc) is 3.44. The second-order valence-electron chi connectivity index (χ2n) is 9.02. The quantitative estimate of drug-likeness (QED) is 0.319. The van der Waals surface area contributed by atoms with Gasteiger partial charge in [-0.15, -0.1) is 0 Å². The van der Waals surface area contributed by atoms with Crippen LogP contribution in [0.2, 0.25) is 0 Å². The first kappa shape index (κ1) is 23.2. The van der Waals surface area contributed by atoms with E-state index in [2.05, 4.69) is 25.8 Å². The minimum Gasteiger partial charge on any atom is -0.305 e. The SMILES string of the molecule is Cc1cccc(-n2nc(C(C)C)cc2NC(=O)Nc2ccc(-c3cncc4c3cnn4C)cc2F)c1. The summed E-state index contributed by atoms with van der Waals surface area (Å²) in [5, 5.41) is 15.2. The number of rotatable bonds is 5. The van der Waals surface area contributed by atoms with Gasteiger partial charge in [0.05, 0.1) is 35.0 Å². The van der Waals surface area contributed by atoms with Crippen LogP contribution in [0.5, 0.6) is 0 Å². The Balaban J connectivity index is 1.39. The zero-order valence-corrected chi connectivity index (χ0v) is 20.5. The topological polar surface area (TPSA) is 89.7 Å². The van der Waals surface area contributed by atoms with Crippen LogP contribution in [0.1, 0.15) is 31.0 Å². The monoisotopic (exact) mass is 483 g/mol. The van der Waals surface area contributed by atoms with Gasteiger partial charge in [-0.3, -0.25) is 15.0 Å². The Labute approximate surface area is 207 Å². The van der Waals surface area contributed by atoms with E-state index in [1.807, 2.05) is 58.2 Å². The van der Waals surface area contributed by atoms with E-state index in [4.69, 9.17) is 0 Å². The van der Waals surface area contributed by atoms with E-state index in [1.165, 1.54) is 12.1 Å². The lowest BCUT2D eigenvalue weighted by Crippen LogP contribution is -2.22. The summed E-state index contributed by atoms with van der Waals surface area (Å²) in [6.45, 7) is 6.06. The third kappa shape index (κ3) is 4.43. The van der Waals surface area contributed by atoms with Crippen LogP contribution in [0, 0.1) is 12.7 Å². The molecular weight excluding hydrogens is 457 g/mol. The smallest absolute Gasteiger partial charge is 0.305 e. The molecule has 2 aromatic carbocycles. The van der Waals surface area contributed by atoms with Crippen LogP contribution in [-0.2, 0) is 7.05 Å². The van der Waals surface area contributed by atoms with Crippen molar-refractivity contribution in [2.24, 2.45) is 7.05 Å². The Kier molecular flexibility index (Phi) is 5.97. The molecule has 0 spiro atoms. The van der Waals surface area contributed by atoms with Crippen molar-refractivity contribution in [3.63, 3.8) is 0 Å². The number of pyridine rings is 1. The maximum absolute atomic E-state index is 15.0. The van der Waals surface area contributed by atoms with Crippen LogP contribution in [0.15, 0.2) is 67.1 Å². The van der Waals surface area contributed by atoms with E-state index >= 15 is 4.39 Å². The molecule has 182 valence electrons. The summed E-state index contributed by atoms with van der Waals surface area (Å²) in [6.07, 6.45) is 5.12. The maximum atomic E-state index is 15.0. The second-order valence-corrected chi connectivity index (χ2v) is 9.02. The fourth-order valence-corrected chi connectivity index (χ4v) is 4.07. The number of aromatic nitrogens is 5. The number of aryl methyl sites for hydroxylation is 2. The fourth-order valence-electron chi connectivity index (χ4n) is 4.07. The molecule has 0 atom stereocenters. The fraction of sp³-hybridized carbons (Fsp3) is 0.185. The van der Waals surface area contributed by atoms with Crippen molar-refractivity contribution in [1.29, 1.82) is 0 Å². The largest absolute Gasteiger partial charge is 0.324 e. The molecule has 0 aliphatic carbocycles. The van der Waals surface area contributed by atoms with Crippen molar-refractivity contribution in [2.45, 2.75) is 26.7 Å². The van der Waals surface area contributed by atoms with Gasteiger partial charge in [0, 0.05) is 30.3 Å². The zero-order chi connectivity index (χ0) is 25.4. The predicted octanol–water partition coefficient (Wildman–Crippen LogP) is 6.04. The summed E-state index contributed by atoms with van der Waals surface area (Å²) in [7, 11) is 1.83. The average molecular weight is 484 g/mol. The van der Waals surface area contributed by atoms with Gasteiger partial charge in [-0.25, -0.2) is 13.9 Å². The number of carbonyl (C=O) groups excluding carboxylic acids is 1. The molecule has 0 radical (unpaired) electrons. The molecule has 0 unspecified atom stereocenters. The third-order valence-electron chi connectivity index (χ3n) is 6.01. The molecule has 9 heteroatoms. The van der Waals surface area contributed by atoms with E-state index in [-0.39, 0.29) is 11.6 Å². The molecule has 2 amide bonds. The van der Waals surface area contributed by atoms with Crippen LogP contribution in [-0.4, -0.2) is 30.6 Å². The van der Waals surface area contributed by atoms with E-state index < -0.39 is 11.8 Å². The van der Waals surface area contributed by atoms with Crippen LogP contribution in [0.3, 0.4) is 0 Å². The lowest BCUT2D eigenvalue weighted by atomic mass is 10.0. The zero-order valence-electron chi connectivity index (χ0n) is 20.5. The minimum absolute atomic E-state index is 0.0632. The van der Waals surface area contributed by atoms with Crippen LogP contribution in [0.25, 0.3) is 27.7 Å². The van der Waals surface area contributed by atoms with Crippen LogP contribution < -0.4 is 10.6 Å². The highest BCUT2D eigenvalue weighted by Crippen LogP contribution is 2.30. The summed E-state index contributed by atoms with van der Waals surface area (Å²) in [4.78, 5) is 17.1. The maximum Gasteiger partial charge on any atom is 0.324 e. The Morgan fingerprint density at radius 3 is 2.61 bits per heavy atom. The van der Waals surface area contributed by atoms with Gasteiger partial charge in [0.1, 0.15) is 11.6 Å². The molecule has 3 aromatic heterocycles. The Hall–Kier alpha value is -4.53. The first-order chi connectivity index (χ1) is 17.3. The highest BCUT2D eigenvalue weighted by atomic mass is 19.1. The Morgan fingerprint density at radius 2 is 1.86 bits per heavy atom. The standard InChI is InChI=1S/C27H26FN7O/c1-16(2)24-12-26(35(33-24)19-7-5-6-17(3)10-19)32-27(36)31-23-9-8-18(11-22(23)28)20-13-29-15-25-21(20)14-30-34(25)4/h5-16H,1-4H3,(H2,31,32,36). The van der Waals surface area contributed by atoms with E-state index in [0.29, 0.717) is 11.4 Å². The molecule has 2 N–H and O–H groups in total. The molecule has 36 heavy (non-hydrogen) atoms. The number of hydrogen-bond donors (Lipinski definition) is 2. The van der Waals surface area contributed by atoms with Gasteiger partial charge < -0.3 is 5.32 Å². The highest BCUT2D eigenvalue weighted by Gasteiger charge is 2.16. The van der Waals surface area contributed by atoms with Gasteiger partial charge in [-0.1, -0.05) is 32.0 Å². The van der Waals surface area contributed by atoms with Crippen molar-refractivity contribution >= 4 is 28.4 Å². The molecule has 0 bridgehead atoms. The third-order valence-corrected chi connectivity index (χ3v) is 6.01. The van der Waals surface area contributed by atoms with Crippen molar-refractivity contribution in [2.75, 3.05) is 10.6 Å². The summed E-state index contributed by atoms with van der Waals surface area (Å²) in [5.74, 6) is 0.107. The lowest BCUT2D eigenvalue weighted by Gasteiger charge is -2.12. The first-order valence-electron chi connectivity index (χ1n) is 11.6. The predicted molar refractivity (Wildman–Crippen MR) is 139 cm³/mol. The molecule has 5 rings (SSSR count). The number of nitrogens with zero attached hydrogens (tertiary/aromatic N) is 5. The minimum atomic E-state index is -0.568. The van der Waals surface area contributed by atoms with Crippen LogP contribution in [0.4, 0.5) is 20.7 Å². The van der Waals surface area contributed by atoms with Gasteiger partial charge >= 0.3 is 6.03 Å². The van der Waals surface area contributed by atoms with Gasteiger partial charge in [0.25, 0.3) is 0 Å². The summed E-state index contributed by atoms with van der Waals surface area (Å²) in [6, 6.07) is 13.8. The Bertz CT molecular complexity index is 1580. The normalized spacial score (nSPS) is 11.3. The van der Waals surface area contributed by atoms with Crippen molar-refractivity contribution in [3.05, 3.63) is 84.2 Å². The molecule has 0 saturated carbocycles. The number of urea groups is 1. The molecule has 0 aliphatic heterocycles. The first-order valence-corrected chi connectivity index (χ1v) is 11.6. The van der Waals surface area contributed by atoms with Crippen molar-refractivity contribution in [1.82, 2.24) is 24.5 Å². The van der Waals surface area contributed by atoms with Crippen LogP contribution >= 0.6 is 0 Å². The van der Waals surface area contributed by atoms with E-state index in [9.17, 15) is 4.79 Å². The molecule has 0 fully saturated rings. The van der Waals surface area contributed by atoms with E-state index in [1.54, 1.807) is 34.0 Å². The molecule has 8 nitrogen and oxygen atoms in total. The number of anilines is 2. The van der Waals surface area contributed by atoms with Crippen molar-refractivity contribution in [3.8, 4) is 16.8 Å². The summed E-state index contributed by atoms with van der Waals surface area (Å²) < 4.78 is 18.4. The number of carbonyl (C=O) groups is 1. The lowest BCUT2D eigenvalue weighted by molar-refractivity contribution is 0.262. The number of amides is 2. The van der Waals surface area contributed by atoms with Gasteiger partial charge in [0.2, 0.25) is 0 Å². The van der Waals surface area contributed by atoms with Crippen molar-refractivity contribution < 1.29 is 9.18 Å². The van der Waals surface area contributed by atoms with Gasteiger partial charge in [-0.05, 0) is 48.2 Å². The van der Waals surface area contributed by atoms with Gasteiger partial charge in [-0.2, -0.15) is 10.2 Å². The molecule has 0 aliphatic rings. The molecule has 5 aromatic rings. The number of halogens is 1. The Morgan fingerprint density at radius 1 is 1.03 bits per heavy atom. The molecular formula is C27H26FN7O.